The molecule has 10 heteroatoms. The highest BCUT2D eigenvalue weighted by atomic mass is 16.5. The maximum absolute atomic E-state index is 10.4. The smallest absolute Gasteiger partial charge is 0.320 e. The number of hydrogen-bond acceptors (Lipinski definition) is 9. The second-order valence-corrected chi connectivity index (χ2v) is 7.56. The number of nitrogens with two attached hydrogens (primary N) is 1. The van der Waals surface area contributed by atoms with Crippen LogP contribution in [0.4, 0.5) is 5.82 Å². The van der Waals surface area contributed by atoms with Gasteiger partial charge in [-0.05, 0) is 37.9 Å². The van der Waals surface area contributed by atoms with Crippen LogP contribution >= 0.6 is 0 Å². The van der Waals surface area contributed by atoms with Crippen molar-refractivity contribution in [2.24, 2.45) is 0 Å². The molecule has 3 heterocycles. The summed E-state index contributed by atoms with van der Waals surface area (Å²) in [4.78, 5) is 12.6. The largest absolute Gasteiger partial charge is 0.496 e. The van der Waals surface area contributed by atoms with Gasteiger partial charge in [0.25, 0.3) is 6.01 Å². The van der Waals surface area contributed by atoms with Gasteiger partial charge < -0.3 is 30.9 Å². The Hall–Kier alpha value is -3.11. The second-order valence-electron chi connectivity index (χ2n) is 7.56. The summed E-state index contributed by atoms with van der Waals surface area (Å²) in [5, 5.41) is 17.4. The van der Waals surface area contributed by atoms with Crippen molar-refractivity contribution in [1.29, 1.82) is 0 Å². The monoisotopic (exact) mass is 427 g/mol. The molecule has 166 valence electrons. The summed E-state index contributed by atoms with van der Waals surface area (Å²) >= 11 is 0. The lowest BCUT2D eigenvalue weighted by Gasteiger charge is -2.24. The molecule has 0 saturated carbocycles. The zero-order valence-corrected chi connectivity index (χ0v) is 17.9. The Morgan fingerprint density at radius 3 is 2.94 bits per heavy atom. The number of fused-ring (bicyclic) bond motifs is 1. The van der Waals surface area contributed by atoms with E-state index in [-0.39, 0.29) is 17.8 Å². The third-order valence-corrected chi connectivity index (χ3v) is 5.43. The van der Waals surface area contributed by atoms with Crippen molar-refractivity contribution in [2.75, 3.05) is 32.5 Å². The average Bonchev–Trinajstić information content (AvgIpc) is 3.10. The van der Waals surface area contributed by atoms with Crippen LogP contribution in [0.3, 0.4) is 0 Å². The lowest BCUT2D eigenvalue weighted by Crippen LogP contribution is -2.42. The number of aromatic nitrogens is 4. The molecule has 1 aromatic carbocycles. The van der Waals surface area contributed by atoms with Gasteiger partial charge in [0.05, 0.1) is 20.3 Å². The van der Waals surface area contributed by atoms with Gasteiger partial charge in [-0.1, -0.05) is 12.1 Å². The Balaban J connectivity index is 1.57. The van der Waals surface area contributed by atoms with Crippen LogP contribution in [-0.4, -0.2) is 57.5 Å². The van der Waals surface area contributed by atoms with Crippen molar-refractivity contribution >= 4 is 17.0 Å². The molecule has 2 aromatic heterocycles. The number of aromatic hydroxyl groups is 1. The van der Waals surface area contributed by atoms with E-state index in [2.05, 4.69) is 31.7 Å². The summed E-state index contributed by atoms with van der Waals surface area (Å²) in [5.41, 5.74) is 8.74. The van der Waals surface area contributed by atoms with Crippen molar-refractivity contribution in [3.8, 4) is 17.8 Å². The van der Waals surface area contributed by atoms with Crippen molar-refractivity contribution < 1.29 is 14.6 Å². The number of benzene rings is 1. The summed E-state index contributed by atoms with van der Waals surface area (Å²) in [6, 6.07) is 6.52. The highest BCUT2D eigenvalue weighted by molar-refractivity contribution is 5.83. The maximum Gasteiger partial charge on any atom is 0.320 e. The van der Waals surface area contributed by atoms with Gasteiger partial charge in [0.2, 0.25) is 0 Å². The van der Waals surface area contributed by atoms with E-state index < -0.39 is 0 Å². The van der Waals surface area contributed by atoms with Crippen LogP contribution in [0.5, 0.6) is 17.8 Å². The number of nitrogens with zero attached hydrogens (tertiary/aromatic N) is 4. The molecule has 0 aliphatic carbocycles. The minimum Gasteiger partial charge on any atom is -0.496 e. The third kappa shape index (κ3) is 4.64. The molecule has 0 spiro atoms. The molecule has 0 bridgehead atoms. The SMILES string of the molecule is CCOc1nc(N)c2nc(O)n(Cc3ccc(CNC4CCCNC4)cc3OC)c2n1. The first-order valence-corrected chi connectivity index (χ1v) is 10.5. The second kappa shape index (κ2) is 9.36. The standard InChI is InChI=1S/C21H29N7O3/c1-3-31-20-26-18(22)17-19(27-20)28(21(29)25-17)12-14-7-6-13(9-16(14)30-2)10-24-15-5-4-8-23-11-15/h6-7,9,15,23-24H,3-5,8,10-12H2,1-2H3,(H,25,29)(H2,22,26,27). The number of nitrogens with one attached hydrogen (secondary N) is 2. The van der Waals surface area contributed by atoms with E-state index in [0.717, 1.165) is 36.5 Å². The van der Waals surface area contributed by atoms with Gasteiger partial charge in [-0.25, -0.2) is 0 Å². The molecule has 1 aliphatic rings. The Kier molecular flexibility index (Phi) is 6.38. The van der Waals surface area contributed by atoms with E-state index in [1.54, 1.807) is 11.7 Å². The van der Waals surface area contributed by atoms with Crippen molar-refractivity contribution in [3.63, 3.8) is 0 Å². The van der Waals surface area contributed by atoms with Gasteiger partial charge in [-0.15, -0.1) is 0 Å². The molecule has 1 aliphatic heterocycles. The first-order valence-electron chi connectivity index (χ1n) is 10.5. The molecule has 5 N–H and O–H groups in total. The van der Waals surface area contributed by atoms with Crippen molar-refractivity contribution in [3.05, 3.63) is 29.3 Å². The molecule has 1 saturated heterocycles. The van der Waals surface area contributed by atoms with Crippen LogP contribution in [0.25, 0.3) is 11.2 Å². The molecule has 0 radical (unpaired) electrons. The number of nitrogen functional groups attached to an aromatic ring is 1. The van der Waals surface area contributed by atoms with E-state index in [4.69, 9.17) is 15.2 Å². The number of imidazole rings is 1. The Morgan fingerprint density at radius 1 is 1.32 bits per heavy atom. The number of anilines is 1. The fourth-order valence-electron chi connectivity index (χ4n) is 3.82. The molecule has 4 rings (SSSR count). The van der Waals surface area contributed by atoms with Gasteiger partial charge in [0.15, 0.2) is 17.0 Å². The highest BCUT2D eigenvalue weighted by Gasteiger charge is 2.19. The number of hydrogen-bond donors (Lipinski definition) is 4. The highest BCUT2D eigenvalue weighted by Crippen LogP contribution is 2.28. The summed E-state index contributed by atoms with van der Waals surface area (Å²) < 4.78 is 12.6. The van der Waals surface area contributed by atoms with Crippen LogP contribution in [-0.2, 0) is 13.1 Å². The van der Waals surface area contributed by atoms with E-state index in [1.807, 2.05) is 19.1 Å². The lowest BCUT2D eigenvalue weighted by molar-refractivity contribution is 0.314. The van der Waals surface area contributed by atoms with Crippen LogP contribution < -0.4 is 25.8 Å². The number of rotatable bonds is 8. The quantitative estimate of drug-likeness (QED) is 0.421. The van der Waals surface area contributed by atoms with Gasteiger partial charge in [-0.3, -0.25) is 4.57 Å². The summed E-state index contributed by atoms with van der Waals surface area (Å²) in [5.74, 6) is 0.891. The zero-order valence-electron chi connectivity index (χ0n) is 17.9. The van der Waals surface area contributed by atoms with E-state index >= 15 is 0 Å². The summed E-state index contributed by atoms with van der Waals surface area (Å²) in [7, 11) is 1.64. The first-order chi connectivity index (χ1) is 15.1. The normalized spacial score (nSPS) is 16.5. The predicted octanol–water partition coefficient (Wildman–Crippen LogP) is 1.41. The van der Waals surface area contributed by atoms with Crippen LogP contribution in [0, 0.1) is 0 Å². The van der Waals surface area contributed by atoms with Gasteiger partial charge in [-0.2, -0.15) is 15.0 Å². The fourth-order valence-corrected chi connectivity index (χ4v) is 3.82. The van der Waals surface area contributed by atoms with E-state index in [1.165, 1.54) is 12.8 Å². The summed E-state index contributed by atoms with van der Waals surface area (Å²) in [6.07, 6.45) is 2.38. The number of piperidine rings is 1. The van der Waals surface area contributed by atoms with Gasteiger partial charge >= 0.3 is 6.01 Å². The fraction of sp³-hybridized carbons (Fsp3) is 0.476. The molecular weight excluding hydrogens is 398 g/mol. The molecule has 1 fully saturated rings. The van der Waals surface area contributed by atoms with Crippen molar-refractivity contribution in [1.82, 2.24) is 30.2 Å². The molecule has 10 nitrogen and oxygen atoms in total. The predicted molar refractivity (Wildman–Crippen MR) is 117 cm³/mol. The minimum atomic E-state index is -0.192. The third-order valence-electron chi connectivity index (χ3n) is 5.43. The van der Waals surface area contributed by atoms with Crippen molar-refractivity contribution in [2.45, 2.75) is 38.9 Å². The van der Waals surface area contributed by atoms with Gasteiger partial charge in [0.1, 0.15) is 5.75 Å². The first kappa shape index (κ1) is 21.1. The Bertz CT molecular complexity index is 1050. The Morgan fingerprint density at radius 2 is 2.19 bits per heavy atom. The molecule has 0 amide bonds. The number of methoxy groups -OCH3 is 1. The molecule has 1 atom stereocenters. The molecular formula is C21H29N7O3. The van der Waals surface area contributed by atoms with Crippen LogP contribution in [0.2, 0.25) is 0 Å². The van der Waals surface area contributed by atoms with E-state index in [9.17, 15) is 5.11 Å². The maximum atomic E-state index is 10.4. The Labute approximate surface area is 180 Å². The minimum absolute atomic E-state index is 0.152. The summed E-state index contributed by atoms with van der Waals surface area (Å²) in [6.45, 7) is 5.42. The molecule has 3 aromatic rings. The molecule has 1 unspecified atom stereocenters. The average molecular weight is 428 g/mol. The van der Waals surface area contributed by atoms with Gasteiger partial charge in [0, 0.05) is 24.7 Å². The van der Waals surface area contributed by atoms with E-state index in [0.29, 0.717) is 30.4 Å². The molecule has 31 heavy (non-hydrogen) atoms. The lowest BCUT2D eigenvalue weighted by atomic mass is 10.1. The number of ether oxygens (including phenoxy) is 2. The van der Waals surface area contributed by atoms with Crippen LogP contribution in [0.15, 0.2) is 18.2 Å². The van der Waals surface area contributed by atoms with Crippen LogP contribution in [0.1, 0.15) is 30.9 Å². The zero-order chi connectivity index (χ0) is 21.8. The topological polar surface area (TPSA) is 132 Å².